The van der Waals surface area contributed by atoms with Gasteiger partial charge in [-0.2, -0.15) is 0 Å². The average Bonchev–Trinajstić information content (AvgIpc) is 2.83. The Morgan fingerprint density at radius 1 is 1.44 bits per heavy atom. The van der Waals surface area contributed by atoms with Crippen LogP contribution in [0.25, 0.3) is 0 Å². The number of furan rings is 1. The van der Waals surface area contributed by atoms with Gasteiger partial charge >= 0.3 is 0 Å². The van der Waals surface area contributed by atoms with Crippen LogP contribution in [-0.2, 0) is 9.59 Å². The Labute approximate surface area is 108 Å². The van der Waals surface area contributed by atoms with Crippen LogP contribution in [0.15, 0.2) is 21.7 Å². The summed E-state index contributed by atoms with van der Waals surface area (Å²) in [5.41, 5.74) is 0. The van der Waals surface area contributed by atoms with Gasteiger partial charge in [0.05, 0.1) is 0 Å². The monoisotopic (exact) mass is 267 g/mol. The highest BCUT2D eigenvalue weighted by Crippen LogP contribution is 2.39. The summed E-state index contributed by atoms with van der Waals surface area (Å²) in [6, 6.07) is 3.62. The third kappa shape index (κ3) is 2.56. The lowest BCUT2D eigenvalue weighted by molar-refractivity contribution is -0.129. The summed E-state index contributed by atoms with van der Waals surface area (Å²) in [5, 5.41) is 7.97. The standard InChI is InChI=1S/C11H13N3O3S/c1-6-4-5-9(17-6)10-14(8(3)16)13-11(18-10)12-7(2)15/h4-5,10H,1-3H3,(H,12,13,15). The van der Waals surface area contributed by atoms with Gasteiger partial charge in [-0.1, -0.05) is 11.8 Å². The molecule has 1 atom stereocenters. The number of carbonyl (C=O) groups is 2. The molecule has 2 amide bonds. The summed E-state index contributed by atoms with van der Waals surface area (Å²) >= 11 is 1.27. The number of hydrogen-bond donors (Lipinski definition) is 1. The van der Waals surface area contributed by atoms with Crippen LogP contribution in [0.5, 0.6) is 0 Å². The second-order valence-corrected chi connectivity index (χ2v) is 4.94. The van der Waals surface area contributed by atoms with E-state index >= 15 is 0 Å². The number of nitrogens with one attached hydrogen (secondary N) is 1. The van der Waals surface area contributed by atoms with E-state index in [1.165, 1.54) is 30.6 Å². The zero-order valence-electron chi connectivity index (χ0n) is 10.3. The van der Waals surface area contributed by atoms with Gasteiger partial charge < -0.3 is 9.73 Å². The lowest BCUT2D eigenvalue weighted by Crippen LogP contribution is -2.25. The maximum Gasteiger partial charge on any atom is 0.241 e. The number of carbonyl (C=O) groups excluding carboxylic acids is 2. The molecule has 0 aromatic carbocycles. The molecule has 0 saturated carbocycles. The molecule has 96 valence electrons. The van der Waals surface area contributed by atoms with Crippen molar-refractivity contribution < 1.29 is 14.0 Å². The zero-order chi connectivity index (χ0) is 13.3. The zero-order valence-corrected chi connectivity index (χ0v) is 11.1. The van der Waals surface area contributed by atoms with E-state index < -0.39 is 0 Å². The van der Waals surface area contributed by atoms with Crippen LogP contribution < -0.4 is 5.32 Å². The third-order valence-corrected chi connectivity index (χ3v) is 3.32. The predicted octanol–water partition coefficient (Wildman–Crippen LogP) is 1.59. The Kier molecular flexibility index (Phi) is 3.42. The molecule has 6 nitrogen and oxygen atoms in total. The first-order valence-electron chi connectivity index (χ1n) is 5.36. The molecule has 1 aromatic rings. The molecule has 7 heteroatoms. The number of amidine groups is 1. The molecule has 1 aliphatic rings. The molecule has 0 aliphatic carbocycles. The van der Waals surface area contributed by atoms with E-state index in [1.807, 2.05) is 13.0 Å². The van der Waals surface area contributed by atoms with E-state index in [0.29, 0.717) is 10.9 Å². The average molecular weight is 267 g/mol. The highest BCUT2D eigenvalue weighted by atomic mass is 32.2. The minimum Gasteiger partial charge on any atom is -0.463 e. The van der Waals surface area contributed by atoms with E-state index in [0.717, 1.165) is 5.76 Å². The Balaban J connectivity index is 2.22. The van der Waals surface area contributed by atoms with E-state index in [-0.39, 0.29) is 17.2 Å². The van der Waals surface area contributed by atoms with Gasteiger partial charge in [0, 0.05) is 13.8 Å². The molecule has 0 saturated heterocycles. The number of rotatable bonds is 1. The van der Waals surface area contributed by atoms with Crippen LogP contribution >= 0.6 is 11.8 Å². The fourth-order valence-electron chi connectivity index (χ4n) is 1.53. The van der Waals surface area contributed by atoms with Crippen molar-refractivity contribution in [3.63, 3.8) is 0 Å². The van der Waals surface area contributed by atoms with Gasteiger partial charge in [0.2, 0.25) is 11.8 Å². The number of amides is 2. The Morgan fingerprint density at radius 2 is 2.17 bits per heavy atom. The number of hydrogen-bond acceptors (Lipinski definition) is 5. The summed E-state index contributed by atoms with van der Waals surface area (Å²) in [4.78, 5) is 22.5. The molecule has 1 aromatic heterocycles. The van der Waals surface area contributed by atoms with E-state index in [2.05, 4.69) is 10.4 Å². The number of nitrogens with zero attached hydrogens (tertiary/aromatic N) is 2. The molecule has 1 N–H and O–H groups in total. The van der Waals surface area contributed by atoms with Crippen LogP contribution in [0.1, 0.15) is 30.7 Å². The minimum absolute atomic E-state index is 0.207. The van der Waals surface area contributed by atoms with Gasteiger partial charge in [-0.3, -0.25) is 9.59 Å². The lowest BCUT2D eigenvalue weighted by Gasteiger charge is -2.16. The highest BCUT2D eigenvalue weighted by Gasteiger charge is 2.34. The predicted molar refractivity (Wildman–Crippen MR) is 67.5 cm³/mol. The van der Waals surface area contributed by atoms with Crippen molar-refractivity contribution in [3.8, 4) is 0 Å². The second-order valence-electron chi connectivity index (χ2n) is 3.87. The van der Waals surface area contributed by atoms with Crippen molar-refractivity contribution in [3.05, 3.63) is 23.7 Å². The van der Waals surface area contributed by atoms with Gasteiger partial charge in [-0.05, 0) is 19.1 Å². The Hall–Kier alpha value is -1.76. The number of aryl methyl sites for hydroxylation is 1. The summed E-state index contributed by atoms with van der Waals surface area (Å²) < 4.78 is 5.50. The van der Waals surface area contributed by atoms with Crippen LogP contribution in [0.2, 0.25) is 0 Å². The van der Waals surface area contributed by atoms with Crippen molar-refractivity contribution in [1.82, 2.24) is 10.3 Å². The topological polar surface area (TPSA) is 74.9 Å². The van der Waals surface area contributed by atoms with Gasteiger partial charge in [-0.25, -0.2) is 5.01 Å². The van der Waals surface area contributed by atoms with Gasteiger partial charge in [0.25, 0.3) is 0 Å². The van der Waals surface area contributed by atoms with Gasteiger partial charge in [0.1, 0.15) is 11.5 Å². The molecular formula is C11H13N3O3S. The van der Waals surface area contributed by atoms with Gasteiger partial charge in [0.15, 0.2) is 10.5 Å². The summed E-state index contributed by atoms with van der Waals surface area (Å²) in [6.45, 7) is 4.64. The largest absolute Gasteiger partial charge is 0.463 e. The smallest absolute Gasteiger partial charge is 0.241 e. The first kappa shape index (κ1) is 12.7. The highest BCUT2D eigenvalue weighted by molar-refractivity contribution is 8.14. The van der Waals surface area contributed by atoms with Crippen molar-refractivity contribution in [2.45, 2.75) is 26.1 Å². The molecule has 2 heterocycles. The molecule has 1 unspecified atom stereocenters. The SMILES string of the molecule is CC(=O)NC1=NN(C(C)=O)C(c2ccc(C)o2)S1. The fraction of sp³-hybridized carbons (Fsp3) is 0.364. The van der Waals surface area contributed by atoms with Crippen molar-refractivity contribution in [2.75, 3.05) is 0 Å². The first-order valence-corrected chi connectivity index (χ1v) is 6.24. The quantitative estimate of drug-likeness (QED) is 0.838. The van der Waals surface area contributed by atoms with Crippen molar-refractivity contribution in [1.29, 1.82) is 0 Å². The molecule has 0 radical (unpaired) electrons. The maximum atomic E-state index is 11.5. The summed E-state index contributed by atoms with van der Waals surface area (Å²) in [5.74, 6) is 0.974. The van der Waals surface area contributed by atoms with E-state index in [1.54, 1.807) is 6.07 Å². The second kappa shape index (κ2) is 4.85. The Morgan fingerprint density at radius 3 is 2.67 bits per heavy atom. The summed E-state index contributed by atoms with van der Waals surface area (Å²) in [6.07, 6.45) is 0. The molecule has 1 aliphatic heterocycles. The third-order valence-electron chi connectivity index (χ3n) is 2.25. The summed E-state index contributed by atoms with van der Waals surface area (Å²) in [7, 11) is 0. The molecule has 18 heavy (non-hydrogen) atoms. The number of thioether (sulfide) groups is 1. The first-order chi connectivity index (χ1) is 8.47. The number of hydrazone groups is 1. The van der Waals surface area contributed by atoms with E-state index in [9.17, 15) is 9.59 Å². The normalized spacial score (nSPS) is 18.7. The minimum atomic E-state index is -0.363. The molecule has 2 rings (SSSR count). The molecular weight excluding hydrogens is 254 g/mol. The Bertz CT molecular complexity index is 523. The fourth-order valence-corrected chi connectivity index (χ4v) is 2.62. The van der Waals surface area contributed by atoms with Crippen LogP contribution in [0.3, 0.4) is 0 Å². The molecule has 0 bridgehead atoms. The van der Waals surface area contributed by atoms with Crippen LogP contribution in [0.4, 0.5) is 0 Å². The molecule has 0 fully saturated rings. The van der Waals surface area contributed by atoms with Crippen LogP contribution in [-0.4, -0.2) is 22.0 Å². The van der Waals surface area contributed by atoms with Crippen molar-refractivity contribution in [2.24, 2.45) is 5.10 Å². The van der Waals surface area contributed by atoms with Gasteiger partial charge in [-0.15, -0.1) is 5.10 Å². The van der Waals surface area contributed by atoms with Crippen molar-refractivity contribution >= 4 is 28.7 Å². The maximum absolute atomic E-state index is 11.5. The molecule has 0 spiro atoms. The lowest BCUT2D eigenvalue weighted by atomic mass is 10.4. The van der Waals surface area contributed by atoms with E-state index in [4.69, 9.17) is 4.42 Å². The van der Waals surface area contributed by atoms with Crippen LogP contribution in [0, 0.1) is 6.92 Å².